The molecule has 2 atom stereocenters. The van der Waals surface area contributed by atoms with Crippen LogP contribution >= 0.6 is 0 Å². The fourth-order valence-corrected chi connectivity index (χ4v) is 2.32. The summed E-state index contributed by atoms with van der Waals surface area (Å²) in [6.07, 6.45) is 2.03. The maximum Gasteiger partial charge on any atom is 0.251 e. The number of amides is 1. The minimum absolute atomic E-state index is 0.0962. The topological polar surface area (TPSA) is 50.8 Å². The summed E-state index contributed by atoms with van der Waals surface area (Å²) >= 11 is 0. The van der Waals surface area contributed by atoms with E-state index in [-0.39, 0.29) is 18.1 Å². The molecule has 0 radical (unpaired) electrons. The maximum absolute atomic E-state index is 12.1. The smallest absolute Gasteiger partial charge is 0.251 e. The van der Waals surface area contributed by atoms with E-state index in [1.54, 1.807) is 0 Å². The zero-order valence-corrected chi connectivity index (χ0v) is 10.5. The van der Waals surface area contributed by atoms with E-state index in [1.165, 1.54) is 0 Å². The fourth-order valence-electron chi connectivity index (χ4n) is 2.32. The molecule has 0 aromatic rings. The molecule has 2 aliphatic rings. The number of ether oxygens (including phenoxy) is 2. The molecular weight excluding hydrogens is 220 g/mol. The molecule has 0 aliphatic carbocycles. The van der Waals surface area contributed by atoms with E-state index in [0.717, 1.165) is 25.9 Å². The zero-order valence-electron chi connectivity index (χ0n) is 10.5. The first kappa shape index (κ1) is 12.8. The average Bonchev–Trinajstić information content (AvgIpc) is 2.40. The van der Waals surface area contributed by atoms with Gasteiger partial charge in [-0.3, -0.25) is 4.79 Å². The molecule has 0 aromatic carbocycles. The van der Waals surface area contributed by atoms with Gasteiger partial charge in [-0.1, -0.05) is 0 Å². The van der Waals surface area contributed by atoms with Crippen LogP contribution in [0.4, 0.5) is 0 Å². The van der Waals surface area contributed by atoms with Gasteiger partial charge in [0.2, 0.25) is 0 Å². The Balaban J connectivity index is 1.77. The van der Waals surface area contributed by atoms with Crippen molar-refractivity contribution in [3.63, 3.8) is 0 Å². The van der Waals surface area contributed by atoms with Crippen LogP contribution in [-0.2, 0) is 14.3 Å². The summed E-state index contributed by atoms with van der Waals surface area (Å²) < 4.78 is 11.0. The monoisotopic (exact) mass is 242 g/mol. The molecule has 17 heavy (non-hydrogen) atoms. The lowest BCUT2D eigenvalue weighted by Crippen LogP contribution is -2.47. The number of rotatable bonds is 3. The van der Waals surface area contributed by atoms with Gasteiger partial charge in [-0.2, -0.15) is 0 Å². The molecule has 2 fully saturated rings. The Morgan fingerprint density at radius 1 is 1.47 bits per heavy atom. The third-order valence-electron chi connectivity index (χ3n) is 3.32. The third-order valence-corrected chi connectivity index (χ3v) is 3.32. The second kappa shape index (κ2) is 6.33. The number of hydrogen-bond donors (Lipinski definition) is 1. The van der Waals surface area contributed by atoms with Gasteiger partial charge in [-0.05, 0) is 26.3 Å². The molecule has 0 aromatic heterocycles. The number of carbonyl (C=O) groups excluding carboxylic acids is 1. The molecular formula is C12H22N2O3. The largest absolute Gasteiger partial charge is 0.378 e. The number of piperidine rings is 1. The van der Waals surface area contributed by atoms with Crippen molar-refractivity contribution >= 4 is 5.91 Å². The standard InChI is InChI=1S/C12H22N2O3/c1-10(17-11-3-2-4-13-9-11)12(15)14-5-7-16-8-6-14/h10-11,13H,2-9H2,1H3. The normalized spacial score (nSPS) is 27.8. The highest BCUT2D eigenvalue weighted by molar-refractivity contribution is 5.80. The van der Waals surface area contributed by atoms with Crippen LogP contribution < -0.4 is 5.32 Å². The van der Waals surface area contributed by atoms with Crippen molar-refractivity contribution in [1.29, 1.82) is 0 Å². The molecule has 2 unspecified atom stereocenters. The van der Waals surface area contributed by atoms with Gasteiger partial charge in [0, 0.05) is 19.6 Å². The first-order valence-electron chi connectivity index (χ1n) is 6.50. The first-order chi connectivity index (χ1) is 8.27. The summed E-state index contributed by atoms with van der Waals surface area (Å²) in [4.78, 5) is 13.9. The highest BCUT2D eigenvalue weighted by Gasteiger charge is 2.26. The van der Waals surface area contributed by atoms with E-state index in [2.05, 4.69) is 5.32 Å². The Morgan fingerprint density at radius 3 is 2.88 bits per heavy atom. The molecule has 2 heterocycles. The van der Waals surface area contributed by atoms with Crippen molar-refractivity contribution in [3.05, 3.63) is 0 Å². The van der Waals surface area contributed by atoms with Gasteiger partial charge in [-0.25, -0.2) is 0 Å². The maximum atomic E-state index is 12.1. The van der Waals surface area contributed by atoms with Crippen LogP contribution in [0.3, 0.4) is 0 Å². The summed E-state index contributed by atoms with van der Waals surface area (Å²) in [5.41, 5.74) is 0. The van der Waals surface area contributed by atoms with Gasteiger partial charge < -0.3 is 19.7 Å². The van der Waals surface area contributed by atoms with E-state index in [9.17, 15) is 4.79 Å². The second-order valence-corrected chi connectivity index (χ2v) is 4.68. The van der Waals surface area contributed by atoms with Crippen LogP contribution in [0.2, 0.25) is 0 Å². The van der Waals surface area contributed by atoms with Crippen LogP contribution in [0.15, 0.2) is 0 Å². The minimum atomic E-state index is -0.335. The van der Waals surface area contributed by atoms with Crippen LogP contribution in [0.5, 0.6) is 0 Å². The molecule has 1 N–H and O–H groups in total. The van der Waals surface area contributed by atoms with E-state index in [0.29, 0.717) is 26.3 Å². The molecule has 1 amide bonds. The molecule has 5 nitrogen and oxygen atoms in total. The van der Waals surface area contributed by atoms with E-state index >= 15 is 0 Å². The molecule has 0 spiro atoms. The number of hydrogen-bond acceptors (Lipinski definition) is 4. The fraction of sp³-hybridized carbons (Fsp3) is 0.917. The summed E-state index contributed by atoms with van der Waals surface area (Å²) in [5, 5.41) is 3.29. The van der Waals surface area contributed by atoms with E-state index in [4.69, 9.17) is 9.47 Å². The molecule has 5 heteroatoms. The SMILES string of the molecule is CC(OC1CCCNC1)C(=O)N1CCOCC1. The van der Waals surface area contributed by atoms with Gasteiger partial charge in [0.1, 0.15) is 6.10 Å². The first-order valence-corrected chi connectivity index (χ1v) is 6.50. The quantitative estimate of drug-likeness (QED) is 0.757. The van der Waals surface area contributed by atoms with E-state index in [1.807, 2.05) is 11.8 Å². The van der Waals surface area contributed by atoms with Crippen LogP contribution in [0.25, 0.3) is 0 Å². The van der Waals surface area contributed by atoms with Gasteiger partial charge in [0.05, 0.1) is 19.3 Å². The average molecular weight is 242 g/mol. The number of nitrogens with zero attached hydrogens (tertiary/aromatic N) is 1. The molecule has 2 rings (SSSR count). The number of carbonyl (C=O) groups is 1. The number of nitrogens with one attached hydrogen (secondary N) is 1. The van der Waals surface area contributed by atoms with Crippen LogP contribution in [-0.4, -0.2) is 62.4 Å². The molecule has 2 aliphatic heterocycles. The van der Waals surface area contributed by atoms with Crippen LogP contribution in [0.1, 0.15) is 19.8 Å². The van der Waals surface area contributed by atoms with Gasteiger partial charge in [0.15, 0.2) is 0 Å². The minimum Gasteiger partial charge on any atom is -0.378 e. The second-order valence-electron chi connectivity index (χ2n) is 4.68. The Morgan fingerprint density at radius 2 is 2.24 bits per heavy atom. The Hall–Kier alpha value is -0.650. The Labute approximate surface area is 102 Å². The van der Waals surface area contributed by atoms with Crippen molar-refractivity contribution in [2.75, 3.05) is 39.4 Å². The molecule has 2 saturated heterocycles. The van der Waals surface area contributed by atoms with Crippen molar-refractivity contribution in [1.82, 2.24) is 10.2 Å². The molecule has 98 valence electrons. The number of morpholine rings is 1. The molecule has 0 bridgehead atoms. The predicted octanol–water partition coefficient (Wildman–Crippen LogP) is 0.00230. The van der Waals surface area contributed by atoms with E-state index < -0.39 is 0 Å². The highest BCUT2D eigenvalue weighted by Crippen LogP contribution is 2.11. The summed E-state index contributed by atoms with van der Waals surface area (Å²) in [6, 6.07) is 0. The zero-order chi connectivity index (χ0) is 12.1. The lowest BCUT2D eigenvalue weighted by molar-refractivity contribution is -0.150. The van der Waals surface area contributed by atoms with Crippen molar-refractivity contribution in [3.8, 4) is 0 Å². The summed E-state index contributed by atoms with van der Waals surface area (Å²) in [7, 11) is 0. The predicted molar refractivity (Wildman–Crippen MR) is 63.8 cm³/mol. The molecule has 0 saturated carbocycles. The Kier molecular flexibility index (Phi) is 4.76. The highest BCUT2D eigenvalue weighted by atomic mass is 16.5. The van der Waals surface area contributed by atoms with Gasteiger partial charge >= 0.3 is 0 Å². The lowest BCUT2D eigenvalue weighted by Gasteiger charge is -2.31. The van der Waals surface area contributed by atoms with Crippen LogP contribution in [0, 0.1) is 0 Å². The van der Waals surface area contributed by atoms with Crippen molar-refractivity contribution in [2.24, 2.45) is 0 Å². The van der Waals surface area contributed by atoms with Crippen molar-refractivity contribution < 1.29 is 14.3 Å². The third kappa shape index (κ3) is 3.66. The van der Waals surface area contributed by atoms with Gasteiger partial charge in [0.25, 0.3) is 5.91 Å². The Bertz CT molecular complexity index is 248. The summed E-state index contributed by atoms with van der Waals surface area (Å²) in [6.45, 7) is 6.44. The van der Waals surface area contributed by atoms with Gasteiger partial charge in [-0.15, -0.1) is 0 Å². The lowest BCUT2D eigenvalue weighted by atomic mass is 10.1. The van der Waals surface area contributed by atoms with Crippen molar-refractivity contribution in [2.45, 2.75) is 32.0 Å². The summed E-state index contributed by atoms with van der Waals surface area (Å²) in [5.74, 6) is 0.0962.